The molecule has 0 spiro atoms. The Morgan fingerprint density at radius 2 is 1.82 bits per heavy atom. The summed E-state index contributed by atoms with van der Waals surface area (Å²) >= 11 is 0. The average molecular weight is 244 g/mol. The highest BCUT2D eigenvalue weighted by Gasteiger charge is 2.33. The van der Waals surface area contributed by atoms with E-state index in [-0.39, 0.29) is 0 Å². The van der Waals surface area contributed by atoms with Crippen molar-refractivity contribution in [1.82, 2.24) is 9.38 Å². The first kappa shape index (κ1) is 13.5. The summed E-state index contributed by atoms with van der Waals surface area (Å²) in [6, 6.07) is 3.37. The first-order chi connectivity index (χ1) is 8.00. The molecule has 17 heavy (non-hydrogen) atoms. The lowest BCUT2D eigenvalue weighted by Gasteiger charge is -1.98. The van der Waals surface area contributed by atoms with Crippen molar-refractivity contribution in [3.8, 4) is 0 Å². The fraction of sp³-hybridized carbons (Fsp3) is 0.417. The summed E-state index contributed by atoms with van der Waals surface area (Å²) in [5.41, 5.74) is 0.448. The summed E-state index contributed by atoms with van der Waals surface area (Å²) in [5, 5.41) is 0. The third-order valence-electron chi connectivity index (χ3n) is 2.21. The van der Waals surface area contributed by atoms with E-state index in [0.29, 0.717) is 5.65 Å². The number of halogens is 3. The van der Waals surface area contributed by atoms with E-state index in [9.17, 15) is 13.2 Å². The van der Waals surface area contributed by atoms with Crippen molar-refractivity contribution in [3.05, 3.63) is 35.8 Å². The smallest absolute Gasteiger partial charge is 0.306 e. The number of hydrogen-bond donors (Lipinski definition) is 0. The van der Waals surface area contributed by atoms with E-state index < -0.39 is 11.9 Å². The van der Waals surface area contributed by atoms with Gasteiger partial charge in [0.05, 0.1) is 0 Å². The number of aromatic nitrogens is 2. The first-order valence-electron chi connectivity index (χ1n) is 5.55. The predicted octanol–water partition coefficient (Wildman–Crippen LogP) is 3.94. The molecule has 0 radical (unpaired) electrons. The number of aryl methyl sites for hydroxylation is 1. The quantitative estimate of drug-likeness (QED) is 0.742. The molecule has 0 aliphatic heterocycles. The molecule has 0 saturated carbocycles. The fourth-order valence-corrected chi connectivity index (χ4v) is 1.38. The van der Waals surface area contributed by atoms with Crippen LogP contribution in [0.25, 0.3) is 5.65 Å². The standard InChI is InChI=1S/C10H9F3N2.C2H6/c1-2-7-3-4-9-14-8(10(11,12)13)6-15(9)5-7;1-2/h3-6H,2H2,1H3;1-2H3. The summed E-state index contributed by atoms with van der Waals surface area (Å²) < 4.78 is 38.4. The lowest BCUT2D eigenvalue weighted by atomic mass is 10.2. The Morgan fingerprint density at radius 3 is 2.35 bits per heavy atom. The molecule has 2 aromatic rings. The number of hydrogen-bond acceptors (Lipinski definition) is 1. The number of alkyl halides is 3. The molecule has 0 aliphatic carbocycles. The normalized spacial score (nSPS) is 11.2. The second-order valence-corrected chi connectivity index (χ2v) is 3.28. The molecule has 0 atom stereocenters. The minimum absolute atomic E-state index is 0.319. The third kappa shape index (κ3) is 2.99. The Bertz CT molecular complexity index is 486. The number of rotatable bonds is 1. The lowest BCUT2D eigenvalue weighted by Crippen LogP contribution is -2.04. The predicted molar refractivity (Wildman–Crippen MR) is 60.9 cm³/mol. The Labute approximate surface area is 98.1 Å². The number of fused-ring (bicyclic) bond motifs is 1. The molecule has 0 aromatic carbocycles. The van der Waals surface area contributed by atoms with Gasteiger partial charge in [0.15, 0.2) is 5.69 Å². The van der Waals surface area contributed by atoms with E-state index in [1.165, 1.54) is 4.40 Å². The number of pyridine rings is 1. The van der Waals surface area contributed by atoms with Crippen LogP contribution in [-0.4, -0.2) is 9.38 Å². The van der Waals surface area contributed by atoms with E-state index in [4.69, 9.17) is 0 Å². The van der Waals surface area contributed by atoms with Crippen LogP contribution in [0.15, 0.2) is 24.5 Å². The summed E-state index contributed by atoms with van der Waals surface area (Å²) in [6.07, 6.45) is -0.917. The second-order valence-electron chi connectivity index (χ2n) is 3.28. The molecule has 0 amide bonds. The van der Waals surface area contributed by atoms with Crippen LogP contribution in [0.4, 0.5) is 13.2 Å². The zero-order valence-electron chi connectivity index (χ0n) is 10.0. The van der Waals surface area contributed by atoms with Crippen molar-refractivity contribution in [2.24, 2.45) is 0 Å². The molecule has 0 N–H and O–H groups in total. The minimum atomic E-state index is -4.38. The highest BCUT2D eigenvalue weighted by molar-refractivity contribution is 5.41. The Morgan fingerprint density at radius 1 is 1.18 bits per heavy atom. The van der Waals surface area contributed by atoms with Crippen molar-refractivity contribution in [1.29, 1.82) is 0 Å². The SMILES string of the molecule is CC.CCc1ccc2nc(C(F)(F)F)cn2c1. The average Bonchev–Trinajstić information content (AvgIpc) is 2.74. The summed E-state index contributed by atoms with van der Waals surface area (Å²) in [5.74, 6) is 0. The van der Waals surface area contributed by atoms with Gasteiger partial charge in [-0.3, -0.25) is 0 Å². The number of imidazole rings is 1. The van der Waals surface area contributed by atoms with Gasteiger partial charge in [-0.15, -0.1) is 0 Å². The van der Waals surface area contributed by atoms with E-state index >= 15 is 0 Å². The molecule has 94 valence electrons. The Balaban J connectivity index is 0.000000686. The van der Waals surface area contributed by atoms with Gasteiger partial charge in [0.1, 0.15) is 5.65 Å². The summed E-state index contributed by atoms with van der Waals surface area (Å²) in [7, 11) is 0. The molecule has 0 aliphatic rings. The molecular weight excluding hydrogens is 229 g/mol. The van der Waals surface area contributed by atoms with Crippen molar-refractivity contribution in [2.45, 2.75) is 33.4 Å². The maximum Gasteiger partial charge on any atom is 0.434 e. The van der Waals surface area contributed by atoms with Crippen LogP contribution < -0.4 is 0 Å². The third-order valence-corrected chi connectivity index (χ3v) is 2.21. The molecule has 2 rings (SSSR count). The van der Waals surface area contributed by atoms with Gasteiger partial charge < -0.3 is 4.40 Å². The van der Waals surface area contributed by atoms with Gasteiger partial charge in [0.2, 0.25) is 0 Å². The lowest BCUT2D eigenvalue weighted by molar-refractivity contribution is -0.140. The van der Waals surface area contributed by atoms with Crippen molar-refractivity contribution in [2.75, 3.05) is 0 Å². The molecule has 2 heterocycles. The van der Waals surface area contributed by atoms with E-state index in [1.807, 2.05) is 20.8 Å². The largest absolute Gasteiger partial charge is 0.434 e. The first-order valence-corrected chi connectivity index (χ1v) is 5.55. The van der Waals surface area contributed by atoms with Gasteiger partial charge in [-0.2, -0.15) is 13.2 Å². The van der Waals surface area contributed by atoms with Crippen molar-refractivity contribution in [3.63, 3.8) is 0 Å². The van der Waals surface area contributed by atoms with Gasteiger partial charge in [-0.05, 0) is 18.1 Å². The highest BCUT2D eigenvalue weighted by Crippen LogP contribution is 2.28. The van der Waals surface area contributed by atoms with Crippen LogP contribution in [0.3, 0.4) is 0 Å². The van der Waals surface area contributed by atoms with Gasteiger partial charge in [-0.25, -0.2) is 4.98 Å². The zero-order valence-corrected chi connectivity index (χ0v) is 10.0. The van der Waals surface area contributed by atoms with Crippen LogP contribution >= 0.6 is 0 Å². The minimum Gasteiger partial charge on any atom is -0.306 e. The molecule has 0 saturated heterocycles. The Hall–Kier alpha value is -1.52. The van der Waals surface area contributed by atoms with E-state index in [0.717, 1.165) is 18.2 Å². The van der Waals surface area contributed by atoms with Crippen LogP contribution in [-0.2, 0) is 12.6 Å². The van der Waals surface area contributed by atoms with Crippen LogP contribution in [0.2, 0.25) is 0 Å². The van der Waals surface area contributed by atoms with Gasteiger partial charge in [-0.1, -0.05) is 26.8 Å². The monoisotopic (exact) mass is 244 g/mol. The summed E-state index contributed by atoms with van der Waals surface area (Å²) in [4.78, 5) is 3.50. The number of nitrogens with zero attached hydrogens (tertiary/aromatic N) is 2. The van der Waals surface area contributed by atoms with E-state index in [1.54, 1.807) is 18.3 Å². The molecule has 2 aromatic heterocycles. The molecule has 0 unspecified atom stereocenters. The van der Waals surface area contributed by atoms with Crippen LogP contribution in [0.1, 0.15) is 32.0 Å². The maximum absolute atomic E-state index is 12.3. The van der Waals surface area contributed by atoms with Gasteiger partial charge >= 0.3 is 6.18 Å². The fourth-order valence-electron chi connectivity index (χ4n) is 1.38. The van der Waals surface area contributed by atoms with Crippen molar-refractivity contribution >= 4 is 5.65 Å². The zero-order chi connectivity index (χ0) is 13.1. The Kier molecular flexibility index (Phi) is 4.15. The molecule has 0 bridgehead atoms. The molecule has 2 nitrogen and oxygen atoms in total. The van der Waals surface area contributed by atoms with Gasteiger partial charge in [0, 0.05) is 12.4 Å². The van der Waals surface area contributed by atoms with Crippen molar-refractivity contribution < 1.29 is 13.2 Å². The molecule has 5 heteroatoms. The molecular formula is C12H15F3N2. The van der Waals surface area contributed by atoms with Gasteiger partial charge in [0.25, 0.3) is 0 Å². The second kappa shape index (κ2) is 5.21. The molecule has 0 fully saturated rings. The highest BCUT2D eigenvalue weighted by atomic mass is 19.4. The maximum atomic E-state index is 12.3. The summed E-state index contributed by atoms with van der Waals surface area (Å²) in [6.45, 7) is 5.95. The van der Waals surface area contributed by atoms with Crippen LogP contribution in [0, 0.1) is 0 Å². The van der Waals surface area contributed by atoms with E-state index in [2.05, 4.69) is 4.98 Å². The van der Waals surface area contributed by atoms with Crippen LogP contribution in [0.5, 0.6) is 0 Å². The topological polar surface area (TPSA) is 17.3 Å².